The highest BCUT2D eigenvalue weighted by molar-refractivity contribution is 5.98. The average Bonchev–Trinajstić information content (AvgIpc) is 2.92. The highest BCUT2D eigenvalue weighted by Gasteiger charge is 2.39. The maximum Gasteiger partial charge on any atom is 0.0748 e. The summed E-state index contributed by atoms with van der Waals surface area (Å²) in [4.78, 5) is 4.71. The molecule has 0 saturated carbocycles. The van der Waals surface area contributed by atoms with Crippen molar-refractivity contribution in [2.45, 2.75) is 19.3 Å². The van der Waals surface area contributed by atoms with Gasteiger partial charge in [-0.1, -0.05) is 80.5 Å². The van der Waals surface area contributed by atoms with Crippen LogP contribution in [0.3, 0.4) is 0 Å². The summed E-state index contributed by atoms with van der Waals surface area (Å²) in [7, 11) is 0. The van der Waals surface area contributed by atoms with Crippen LogP contribution >= 0.6 is 0 Å². The van der Waals surface area contributed by atoms with Crippen molar-refractivity contribution < 1.29 is 2.74 Å². The van der Waals surface area contributed by atoms with E-state index in [0.717, 1.165) is 11.3 Å². The first-order valence-electron chi connectivity index (χ1n) is 9.58. The van der Waals surface area contributed by atoms with E-state index in [4.69, 9.17) is 7.73 Å². The predicted octanol–water partition coefficient (Wildman–Crippen LogP) is 6.21. The normalized spacial score (nSPS) is 15.4. The highest BCUT2D eigenvalue weighted by Crippen LogP contribution is 2.53. The highest BCUT2D eigenvalue weighted by atomic mass is 14.7. The molecule has 0 fully saturated rings. The van der Waals surface area contributed by atoms with Gasteiger partial charge in [0.05, 0.1) is 8.44 Å². The fourth-order valence-electron chi connectivity index (χ4n) is 4.33. The molecule has 4 aromatic rings. The summed E-state index contributed by atoms with van der Waals surface area (Å²) in [5.74, 6) is 0. The predicted molar refractivity (Wildman–Crippen MR) is 105 cm³/mol. The summed E-state index contributed by atoms with van der Waals surface area (Å²) in [6.45, 7) is 4.52. The lowest BCUT2D eigenvalue weighted by Gasteiger charge is -2.25. The summed E-state index contributed by atoms with van der Waals surface area (Å²) in [5.41, 5.74) is 6.63. The Morgan fingerprint density at radius 3 is 2.52 bits per heavy atom. The Morgan fingerprint density at radius 1 is 0.800 bits per heavy atom. The largest absolute Gasteiger partial charge is 0.256 e. The molecule has 0 spiro atoms. The second-order valence-corrected chi connectivity index (χ2v) is 7.14. The molecule has 3 aromatic carbocycles. The molecule has 0 atom stereocenters. The molecule has 1 heteroatoms. The lowest BCUT2D eigenvalue weighted by molar-refractivity contribution is 0.665. The average molecular weight is 323 g/mol. The molecule has 120 valence electrons. The molecule has 0 N–H and O–H groups in total. The van der Waals surface area contributed by atoms with Gasteiger partial charge in [-0.25, -0.2) is 0 Å². The quantitative estimate of drug-likeness (QED) is 0.406. The van der Waals surface area contributed by atoms with E-state index in [2.05, 4.69) is 56.3 Å². The first-order valence-corrected chi connectivity index (χ1v) is 8.58. The van der Waals surface area contributed by atoms with Crippen molar-refractivity contribution in [1.82, 2.24) is 4.98 Å². The third-order valence-electron chi connectivity index (χ3n) is 5.35. The van der Waals surface area contributed by atoms with Crippen molar-refractivity contribution >= 4 is 10.8 Å². The first kappa shape index (κ1) is 12.4. The lowest BCUT2D eigenvalue weighted by atomic mass is 9.78. The molecule has 0 amide bonds. The van der Waals surface area contributed by atoms with Crippen molar-refractivity contribution in [1.29, 1.82) is 0 Å². The van der Waals surface area contributed by atoms with Gasteiger partial charge in [-0.2, -0.15) is 0 Å². The Balaban J connectivity index is 1.84. The van der Waals surface area contributed by atoms with Crippen LogP contribution in [0.4, 0.5) is 0 Å². The number of benzene rings is 3. The Morgan fingerprint density at radius 2 is 1.64 bits per heavy atom. The monoisotopic (exact) mass is 323 g/mol. The minimum absolute atomic E-state index is 0.197. The molecule has 1 aliphatic carbocycles. The van der Waals surface area contributed by atoms with Crippen molar-refractivity contribution in [2.24, 2.45) is 0 Å². The second kappa shape index (κ2) is 5.03. The van der Waals surface area contributed by atoms with Gasteiger partial charge in [0.1, 0.15) is 0 Å². The van der Waals surface area contributed by atoms with Gasteiger partial charge in [-0.3, -0.25) is 4.98 Å². The van der Waals surface area contributed by atoms with Gasteiger partial charge in [-0.05, 0) is 39.1 Å². The molecule has 1 nitrogen and oxygen atoms in total. The van der Waals surface area contributed by atoms with Crippen LogP contribution in [0.1, 0.15) is 27.7 Å². The van der Waals surface area contributed by atoms with Gasteiger partial charge in [0.2, 0.25) is 0 Å². The number of hydrogen-bond acceptors (Lipinski definition) is 1. The molecule has 0 radical (unpaired) electrons. The van der Waals surface area contributed by atoms with E-state index in [-0.39, 0.29) is 17.5 Å². The fourth-order valence-corrected chi connectivity index (χ4v) is 4.33. The summed E-state index contributed by atoms with van der Waals surface area (Å²) in [6, 6.07) is 20.8. The zero-order valence-corrected chi connectivity index (χ0v) is 14.3. The van der Waals surface area contributed by atoms with Crippen LogP contribution in [0.25, 0.3) is 33.2 Å². The molecule has 0 saturated heterocycles. The summed E-state index contributed by atoms with van der Waals surface area (Å²) >= 11 is 0. The van der Waals surface area contributed by atoms with Crippen LogP contribution in [0.5, 0.6) is 0 Å². The van der Waals surface area contributed by atoms with E-state index < -0.39 is 0 Å². The van der Waals surface area contributed by atoms with Crippen LogP contribution < -0.4 is 0 Å². The molecule has 1 heterocycles. The van der Waals surface area contributed by atoms with Crippen molar-refractivity contribution in [3.8, 4) is 22.4 Å². The second-order valence-electron chi connectivity index (χ2n) is 7.14. The minimum Gasteiger partial charge on any atom is -0.256 e. The number of rotatable bonds is 1. The number of fused-ring (bicyclic) bond motifs is 5. The molecular formula is C24H19N. The topological polar surface area (TPSA) is 12.9 Å². The van der Waals surface area contributed by atoms with E-state index in [9.17, 15) is 0 Å². The van der Waals surface area contributed by atoms with Gasteiger partial charge in [0.25, 0.3) is 0 Å². The molecule has 0 aliphatic heterocycles. The summed E-state index contributed by atoms with van der Waals surface area (Å²) in [5, 5.41) is 2.53. The number of pyridine rings is 1. The van der Waals surface area contributed by atoms with Gasteiger partial charge in [0, 0.05) is 17.2 Å². The van der Waals surface area contributed by atoms with E-state index in [1.54, 1.807) is 12.1 Å². The Labute approximate surface area is 150 Å². The SMILES string of the molecule is [2H]c1ccc(-c2nccc3c2C(C)(C)c2c-3ccc3ccccc23)cc1[2H]. The van der Waals surface area contributed by atoms with E-state index in [0.29, 0.717) is 0 Å². The van der Waals surface area contributed by atoms with Crippen LogP contribution in [-0.4, -0.2) is 4.98 Å². The molecule has 0 unspecified atom stereocenters. The Kier molecular flexibility index (Phi) is 2.50. The van der Waals surface area contributed by atoms with Crippen LogP contribution in [0.2, 0.25) is 0 Å². The number of aromatic nitrogens is 1. The van der Waals surface area contributed by atoms with Crippen molar-refractivity contribution in [3.05, 3.63) is 90.1 Å². The maximum absolute atomic E-state index is 8.03. The van der Waals surface area contributed by atoms with E-state index in [1.165, 1.54) is 33.0 Å². The number of nitrogens with zero attached hydrogens (tertiary/aromatic N) is 1. The third kappa shape index (κ3) is 1.93. The third-order valence-corrected chi connectivity index (χ3v) is 5.35. The number of hydrogen-bond donors (Lipinski definition) is 0. The smallest absolute Gasteiger partial charge is 0.0748 e. The lowest BCUT2D eigenvalue weighted by Crippen LogP contribution is -2.17. The van der Waals surface area contributed by atoms with Crippen molar-refractivity contribution in [3.63, 3.8) is 0 Å². The van der Waals surface area contributed by atoms with Gasteiger partial charge in [-0.15, -0.1) is 0 Å². The zero-order valence-electron chi connectivity index (χ0n) is 16.3. The van der Waals surface area contributed by atoms with Gasteiger partial charge < -0.3 is 0 Å². The van der Waals surface area contributed by atoms with Crippen LogP contribution in [0, 0.1) is 0 Å². The minimum atomic E-state index is -0.197. The Bertz CT molecular complexity index is 1220. The molecule has 25 heavy (non-hydrogen) atoms. The first-order chi connectivity index (χ1) is 13.0. The van der Waals surface area contributed by atoms with Gasteiger partial charge >= 0.3 is 0 Å². The standard InChI is InChI=1S/C24H19N/c1-24(2)21-18-11-7-6-8-16(18)12-13-19(21)20-14-15-25-23(22(20)24)17-9-4-3-5-10-17/h3-15H,1-2H3/i3D,4D. The van der Waals surface area contributed by atoms with Gasteiger partial charge in [0.15, 0.2) is 0 Å². The van der Waals surface area contributed by atoms with E-state index >= 15 is 0 Å². The Hall–Kier alpha value is -2.93. The van der Waals surface area contributed by atoms with Crippen molar-refractivity contribution in [2.75, 3.05) is 0 Å². The van der Waals surface area contributed by atoms with Crippen LogP contribution in [0.15, 0.2) is 78.9 Å². The molecule has 5 rings (SSSR count). The fraction of sp³-hybridized carbons (Fsp3) is 0.125. The summed E-state index contributed by atoms with van der Waals surface area (Å²) in [6.07, 6.45) is 1.85. The van der Waals surface area contributed by atoms with Crippen LogP contribution in [-0.2, 0) is 5.41 Å². The molecule has 0 bridgehead atoms. The van der Waals surface area contributed by atoms with E-state index in [1.807, 2.05) is 12.3 Å². The maximum atomic E-state index is 8.03. The molecule has 1 aliphatic rings. The zero-order chi connectivity index (χ0) is 18.8. The molecular weight excluding hydrogens is 302 g/mol. The molecule has 1 aromatic heterocycles. The summed E-state index contributed by atoms with van der Waals surface area (Å²) < 4.78 is 15.8.